The summed E-state index contributed by atoms with van der Waals surface area (Å²) in [6.07, 6.45) is 5.56. The molecule has 1 fully saturated rings. The van der Waals surface area contributed by atoms with Crippen LogP contribution in [0.1, 0.15) is 34.8 Å². The minimum atomic E-state index is -0.102. The number of benzene rings is 2. The van der Waals surface area contributed by atoms with Crippen LogP contribution < -0.4 is 19.5 Å². The molecule has 1 unspecified atom stereocenters. The van der Waals surface area contributed by atoms with E-state index < -0.39 is 0 Å². The Morgan fingerprint density at radius 2 is 1.80 bits per heavy atom. The van der Waals surface area contributed by atoms with Crippen LogP contribution in [0, 0.1) is 5.92 Å². The van der Waals surface area contributed by atoms with E-state index in [9.17, 15) is 4.79 Å². The third-order valence-electron chi connectivity index (χ3n) is 5.29. The van der Waals surface area contributed by atoms with Crippen molar-refractivity contribution in [3.05, 3.63) is 78.1 Å². The van der Waals surface area contributed by atoms with Crippen LogP contribution in [0.15, 0.2) is 67.0 Å². The van der Waals surface area contributed by atoms with E-state index in [4.69, 9.17) is 14.2 Å². The normalized spacial score (nSPS) is 15.9. The van der Waals surface area contributed by atoms with Gasteiger partial charge >= 0.3 is 0 Å². The molecule has 3 aromatic rings. The Hall–Kier alpha value is -3.54. The fraction of sp³-hybridized carbons (Fsp3) is 0.250. The lowest BCUT2D eigenvalue weighted by atomic mass is 10.0. The van der Waals surface area contributed by atoms with E-state index in [0.29, 0.717) is 36.2 Å². The summed E-state index contributed by atoms with van der Waals surface area (Å²) in [5.41, 5.74) is 1.64. The van der Waals surface area contributed by atoms with E-state index in [1.54, 1.807) is 36.7 Å². The third-order valence-corrected chi connectivity index (χ3v) is 5.29. The van der Waals surface area contributed by atoms with Gasteiger partial charge in [0.2, 0.25) is 0 Å². The Morgan fingerprint density at radius 3 is 2.53 bits per heavy atom. The minimum absolute atomic E-state index is 0.0420. The number of ether oxygens (including phenoxy) is 3. The number of amides is 1. The minimum Gasteiger partial charge on any atom is -0.486 e. The zero-order valence-electron chi connectivity index (χ0n) is 16.4. The van der Waals surface area contributed by atoms with Gasteiger partial charge in [0.15, 0.2) is 11.5 Å². The second-order valence-corrected chi connectivity index (χ2v) is 7.51. The second-order valence-electron chi connectivity index (χ2n) is 7.51. The Labute approximate surface area is 174 Å². The highest BCUT2D eigenvalue weighted by Gasteiger charge is 2.34. The molecular formula is C24H22N2O4. The lowest BCUT2D eigenvalue weighted by molar-refractivity contribution is 0.0931. The molecule has 2 heterocycles. The Morgan fingerprint density at radius 1 is 1.00 bits per heavy atom. The van der Waals surface area contributed by atoms with E-state index in [1.807, 2.05) is 30.3 Å². The van der Waals surface area contributed by atoms with Gasteiger partial charge < -0.3 is 19.5 Å². The number of carbonyl (C=O) groups excluding carboxylic acids is 1. The van der Waals surface area contributed by atoms with Gasteiger partial charge in [0.05, 0.1) is 12.2 Å². The highest BCUT2D eigenvalue weighted by molar-refractivity contribution is 5.94. The van der Waals surface area contributed by atoms with Gasteiger partial charge in [0.1, 0.15) is 24.7 Å². The fourth-order valence-corrected chi connectivity index (χ4v) is 3.60. The largest absolute Gasteiger partial charge is 0.486 e. The van der Waals surface area contributed by atoms with Crippen LogP contribution >= 0.6 is 0 Å². The molecule has 152 valence electrons. The van der Waals surface area contributed by atoms with Crippen molar-refractivity contribution >= 4 is 5.91 Å². The van der Waals surface area contributed by atoms with Crippen LogP contribution in [0.4, 0.5) is 0 Å². The number of fused-ring (bicyclic) bond motifs is 1. The number of hydrogen-bond acceptors (Lipinski definition) is 5. The first-order valence-electron chi connectivity index (χ1n) is 10.1. The Bertz CT molecular complexity index is 1030. The topological polar surface area (TPSA) is 69.7 Å². The molecule has 30 heavy (non-hydrogen) atoms. The molecule has 1 N–H and O–H groups in total. The highest BCUT2D eigenvalue weighted by atomic mass is 16.6. The fourth-order valence-electron chi connectivity index (χ4n) is 3.60. The molecule has 1 aliphatic carbocycles. The third kappa shape index (κ3) is 4.08. The smallest absolute Gasteiger partial charge is 0.251 e. The van der Waals surface area contributed by atoms with Gasteiger partial charge in [-0.15, -0.1) is 0 Å². The molecule has 2 aromatic carbocycles. The summed E-state index contributed by atoms with van der Waals surface area (Å²) in [7, 11) is 0. The standard InChI is InChI=1S/C24H22N2O4/c27-24(17-5-8-19(9-6-17)30-20-2-1-11-25-15-20)26-23(16-3-4-16)18-7-10-21-22(14-18)29-13-12-28-21/h1-2,5-11,14-16,23H,3-4,12-13H2,(H,26,27). The molecule has 0 bridgehead atoms. The van der Waals surface area contributed by atoms with Gasteiger partial charge in [-0.25, -0.2) is 0 Å². The molecule has 1 atom stereocenters. The maximum absolute atomic E-state index is 12.9. The van der Waals surface area contributed by atoms with Gasteiger partial charge in [0.25, 0.3) is 5.91 Å². The quantitative estimate of drug-likeness (QED) is 0.656. The summed E-state index contributed by atoms with van der Waals surface area (Å²) in [6, 6.07) is 16.7. The van der Waals surface area contributed by atoms with Crippen molar-refractivity contribution in [3.8, 4) is 23.0 Å². The first-order chi connectivity index (χ1) is 14.8. The summed E-state index contributed by atoms with van der Waals surface area (Å²) in [5.74, 6) is 3.16. The molecular weight excluding hydrogens is 380 g/mol. The average molecular weight is 402 g/mol. The molecule has 6 heteroatoms. The lowest BCUT2D eigenvalue weighted by Gasteiger charge is -2.23. The van der Waals surface area contributed by atoms with Crippen molar-refractivity contribution < 1.29 is 19.0 Å². The van der Waals surface area contributed by atoms with Crippen molar-refractivity contribution in [2.45, 2.75) is 18.9 Å². The van der Waals surface area contributed by atoms with Gasteiger partial charge in [-0.1, -0.05) is 6.07 Å². The zero-order valence-corrected chi connectivity index (χ0v) is 16.4. The van der Waals surface area contributed by atoms with E-state index in [0.717, 1.165) is 29.9 Å². The number of carbonyl (C=O) groups is 1. The number of nitrogens with one attached hydrogen (secondary N) is 1. The van der Waals surface area contributed by atoms with Crippen LogP contribution in [-0.4, -0.2) is 24.1 Å². The van der Waals surface area contributed by atoms with Gasteiger partial charge in [-0.2, -0.15) is 0 Å². The summed E-state index contributed by atoms with van der Waals surface area (Å²) in [5, 5.41) is 3.20. The summed E-state index contributed by atoms with van der Waals surface area (Å²) in [4.78, 5) is 16.9. The molecule has 1 aliphatic heterocycles. The molecule has 0 saturated heterocycles. The van der Waals surface area contributed by atoms with E-state index in [2.05, 4.69) is 10.3 Å². The average Bonchev–Trinajstić information content (AvgIpc) is 3.63. The predicted octanol–water partition coefficient (Wildman–Crippen LogP) is 4.53. The molecule has 6 nitrogen and oxygen atoms in total. The van der Waals surface area contributed by atoms with Crippen LogP contribution in [-0.2, 0) is 0 Å². The number of hydrogen-bond donors (Lipinski definition) is 1. The molecule has 0 spiro atoms. The molecule has 2 aliphatic rings. The molecule has 1 amide bonds. The second kappa shape index (κ2) is 8.06. The maximum atomic E-state index is 12.9. The number of rotatable bonds is 6. The van der Waals surface area contributed by atoms with Gasteiger partial charge in [0, 0.05) is 11.8 Å². The van der Waals surface area contributed by atoms with Gasteiger partial charge in [-0.3, -0.25) is 9.78 Å². The number of pyridine rings is 1. The first-order valence-corrected chi connectivity index (χ1v) is 10.1. The first kappa shape index (κ1) is 18.5. The van der Waals surface area contributed by atoms with Crippen LogP contribution in [0.3, 0.4) is 0 Å². The number of nitrogens with zero attached hydrogens (tertiary/aromatic N) is 1. The molecule has 1 aromatic heterocycles. The van der Waals surface area contributed by atoms with Crippen LogP contribution in [0.25, 0.3) is 0 Å². The van der Waals surface area contributed by atoms with Crippen molar-refractivity contribution in [1.82, 2.24) is 10.3 Å². The molecule has 5 rings (SSSR count). The van der Waals surface area contributed by atoms with Crippen LogP contribution in [0.5, 0.6) is 23.0 Å². The summed E-state index contributed by atoms with van der Waals surface area (Å²) in [6.45, 7) is 1.11. The molecule has 1 saturated carbocycles. The Balaban J connectivity index is 1.29. The lowest BCUT2D eigenvalue weighted by Crippen LogP contribution is -2.30. The SMILES string of the molecule is O=C(NC(c1ccc2c(c1)OCCO2)C1CC1)c1ccc(Oc2cccnc2)cc1. The van der Waals surface area contributed by atoms with Crippen molar-refractivity contribution in [3.63, 3.8) is 0 Å². The summed E-state index contributed by atoms with van der Waals surface area (Å²) < 4.78 is 17.1. The summed E-state index contributed by atoms with van der Waals surface area (Å²) >= 11 is 0. The van der Waals surface area contributed by atoms with E-state index in [-0.39, 0.29) is 11.9 Å². The highest BCUT2D eigenvalue weighted by Crippen LogP contribution is 2.43. The van der Waals surface area contributed by atoms with E-state index >= 15 is 0 Å². The molecule has 0 radical (unpaired) electrons. The van der Waals surface area contributed by atoms with Crippen molar-refractivity contribution in [2.24, 2.45) is 5.92 Å². The predicted molar refractivity (Wildman–Crippen MR) is 111 cm³/mol. The number of aromatic nitrogens is 1. The van der Waals surface area contributed by atoms with Crippen molar-refractivity contribution in [2.75, 3.05) is 13.2 Å². The van der Waals surface area contributed by atoms with Crippen molar-refractivity contribution in [1.29, 1.82) is 0 Å². The van der Waals surface area contributed by atoms with Crippen LogP contribution in [0.2, 0.25) is 0 Å². The zero-order chi connectivity index (χ0) is 20.3. The monoisotopic (exact) mass is 402 g/mol. The van der Waals surface area contributed by atoms with Gasteiger partial charge in [-0.05, 0) is 72.9 Å². The Kier molecular flexibility index (Phi) is 4.97. The van der Waals surface area contributed by atoms with E-state index in [1.165, 1.54) is 0 Å². The maximum Gasteiger partial charge on any atom is 0.251 e.